The molecule has 0 saturated carbocycles. The molecule has 1 aromatic carbocycles. The monoisotopic (exact) mass is 465 g/mol. The van der Waals surface area contributed by atoms with Crippen LogP contribution in [0.2, 0.25) is 0 Å². The van der Waals surface area contributed by atoms with E-state index in [4.69, 9.17) is 4.74 Å². The Hall–Kier alpha value is -3.21. The normalized spacial score (nSPS) is 17.6. The number of nitrogens with zero attached hydrogens (tertiary/aromatic N) is 2. The predicted molar refractivity (Wildman–Crippen MR) is 117 cm³/mol. The molecule has 3 unspecified atom stereocenters. The van der Waals surface area contributed by atoms with Gasteiger partial charge in [0.25, 0.3) is 5.09 Å². The zero-order chi connectivity index (χ0) is 24.2. The topological polar surface area (TPSA) is 148 Å². The lowest BCUT2D eigenvalue weighted by Gasteiger charge is -2.36. The van der Waals surface area contributed by atoms with Gasteiger partial charge in [0.15, 0.2) is 0 Å². The number of piperidine rings is 1. The second-order valence-corrected chi connectivity index (χ2v) is 7.92. The van der Waals surface area contributed by atoms with E-state index in [9.17, 15) is 29.6 Å². The van der Waals surface area contributed by atoms with E-state index in [1.54, 1.807) is 6.92 Å². The van der Waals surface area contributed by atoms with Gasteiger partial charge in [-0.3, -0.25) is 14.9 Å². The molecule has 11 heteroatoms. The van der Waals surface area contributed by atoms with Gasteiger partial charge < -0.3 is 19.6 Å². The number of aliphatic carboxylic acids is 1. The van der Waals surface area contributed by atoms with Gasteiger partial charge in [0.2, 0.25) is 5.91 Å². The number of rotatable bonds is 13. The smallest absolute Gasteiger partial charge is 0.328 e. The predicted octanol–water partition coefficient (Wildman–Crippen LogP) is 1.57. The van der Waals surface area contributed by atoms with Gasteiger partial charge in [-0.15, -0.1) is 10.1 Å². The Balaban J connectivity index is 1.90. The molecule has 11 nitrogen and oxygen atoms in total. The average Bonchev–Trinajstić information content (AvgIpc) is 2.81. The number of likely N-dealkylation sites (tertiary alicyclic amines) is 1. The third-order valence-electron chi connectivity index (χ3n) is 5.47. The van der Waals surface area contributed by atoms with Crippen LogP contribution in [0.15, 0.2) is 30.3 Å². The molecule has 1 aliphatic heterocycles. The van der Waals surface area contributed by atoms with Gasteiger partial charge >= 0.3 is 11.9 Å². The number of amides is 1. The summed E-state index contributed by atoms with van der Waals surface area (Å²) in [6, 6.07) is 7.01. The number of carboxylic acids is 1. The van der Waals surface area contributed by atoms with Crippen molar-refractivity contribution in [3.05, 3.63) is 46.0 Å². The SMILES string of the molecule is CC(NC(CCc1ccccc1)C(=O)O)C(=O)N1CCCCC1C(=O)OCCCO[N+](=O)[O-]. The maximum absolute atomic E-state index is 13.1. The first kappa shape index (κ1) is 26.0. The van der Waals surface area contributed by atoms with Crippen molar-refractivity contribution in [1.29, 1.82) is 0 Å². The summed E-state index contributed by atoms with van der Waals surface area (Å²) in [5.41, 5.74) is 1.01. The minimum atomic E-state index is -1.04. The number of ether oxygens (including phenoxy) is 1. The van der Waals surface area contributed by atoms with E-state index >= 15 is 0 Å². The summed E-state index contributed by atoms with van der Waals surface area (Å²) in [7, 11) is 0. The largest absolute Gasteiger partial charge is 0.480 e. The molecule has 1 amide bonds. The van der Waals surface area contributed by atoms with Crippen LogP contribution >= 0.6 is 0 Å². The minimum absolute atomic E-state index is 0.0560. The van der Waals surface area contributed by atoms with Crippen LogP contribution in [-0.4, -0.2) is 70.8 Å². The molecule has 3 atom stereocenters. The highest BCUT2D eigenvalue weighted by atomic mass is 16.9. The number of hydrogen-bond acceptors (Lipinski definition) is 8. The van der Waals surface area contributed by atoms with Crippen molar-refractivity contribution in [3.8, 4) is 0 Å². The molecule has 2 N–H and O–H groups in total. The fourth-order valence-corrected chi connectivity index (χ4v) is 3.76. The van der Waals surface area contributed by atoms with Crippen molar-refractivity contribution in [2.24, 2.45) is 0 Å². The van der Waals surface area contributed by atoms with Gasteiger partial charge in [-0.2, -0.15) is 0 Å². The first-order valence-corrected chi connectivity index (χ1v) is 11.1. The van der Waals surface area contributed by atoms with Crippen molar-refractivity contribution in [3.63, 3.8) is 0 Å². The van der Waals surface area contributed by atoms with Crippen LogP contribution in [0.25, 0.3) is 0 Å². The Morgan fingerprint density at radius 3 is 2.64 bits per heavy atom. The molecule has 182 valence electrons. The molecule has 0 aliphatic carbocycles. The number of nitrogens with one attached hydrogen (secondary N) is 1. The second kappa shape index (κ2) is 13.4. The summed E-state index contributed by atoms with van der Waals surface area (Å²) in [5, 5.41) is 21.7. The van der Waals surface area contributed by atoms with Crippen molar-refractivity contribution in [2.75, 3.05) is 19.8 Å². The summed E-state index contributed by atoms with van der Waals surface area (Å²) in [6.07, 6.45) is 2.95. The maximum Gasteiger partial charge on any atom is 0.328 e. The minimum Gasteiger partial charge on any atom is -0.480 e. The fraction of sp³-hybridized carbons (Fsp3) is 0.591. The zero-order valence-electron chi connectivity index (χ0n) is 18.7. The van der Waals surface area contributed by atoms with Crippen LogP contribution in [0.5, 0.6) is 0 Å². The molecule has 1 saturated heterocycles. The van der Waals surface area contributed by atoms with Crippen molar-refractivity contribution < 1.29 is 34.2 Å². The average molecular weight is 466 g/mol. The number of carbonyl (C=O) groups excluding carboxylic acids is 2. The number of benzene rings is 1. The molecule has 1 fully saturated rings. The Labute approximate surface area is 192 Å². The fourth-order valence-electron chi connectivity index (χ4n) is 3.76. The number of carbonyl (C=O) groups is 3. The van der Waals surface area contributed by atoms with E-state index in [1.165, 1.54) is 4.90 Å². The zero-order valence-corrected chi connectivity index (χ0v) is 18.7. The van der Waals surface area contributed by atoms with E-state index in [0.29, 0.717) is 25.8 Å². The molecule has 0 spiro atoms. The Morgan fingerprint density at radius 1 is 1.24 bits per heavy atom. The molecule has 0 bridgehead atoms. The Morgan fingerprint density at radius 2 is 1.97 bits per heavy atom. The third-order valence-corrected chi connectivity index (χ3v) is 5.47. The van der Waals surface area contributed by atoms with E-state index in [1.807, 2.05) is 30.3 Å². The van der Waals surface area contributed by atoms with Crippen LogP contribution in [0.3, 0.4) is 0 Å². The van der Waals surface area contributed by atoms with Gasteiger partial charge in [0.1, 0.15) is 12.1 Å². The number of esters is 1. The third kappa shape index (κ3) is 8.68. The summed E-state index contributed by atoms with van der Waals surface area (Å²) < 4.78 is 5.18. The first-order valence-electron chi connectivity index (χ1n) is 11.1. The Bertz CT molecular complexity index is 804. The molecule has 1 aliphatic rings. The van der Waals surface area contributed by atoms with Gasteiger partial charge in [0, 0.05) is 13.0 Å². The number of carboxylic acid groups (broad SMARTS) is 1. The molecule has 0 aromatic heterocycles. The van der Waals surface area contributed by atoms with Crippen molar-refractivity contribution >= 4 is 17.8 Å². The van der Waals surface area contributed by atoms with Gasteiger partial charge in [-0.05, 0) is 44.6 Å². The summed E-state index contributed by atoms with van der Waals surface area (Å²) >= 11 is 0. The molecular formula is C22H31N3O8. The van der Waals surface area contributed by atoms with E-state index in [-0.39, 0.29) is 25.5 Å². The van der Waals surface area contributed by atoms with Crippen LogP contribution in [0, 0.1) is 10.1 Å². The lowest BCUT2D eigenvalue weighted by atomic mass is 10.0. The maximum atomic E-state index is 13.1. The van der Waals surface area contributed by atoms with Crippen LogP contribution in [0.4, 0.5) is 0 Å². The Kier molecular flexibility index (Phi) is 10.5. The summed E-state index contributed by atoms with van der Waals surface area (Å²) in [4.78, 5) is 53.1. The molecule has 0 radical (unpaired) electrons. The standard InChI is InChI=1S/C22H31N3O8/c1-16(23-18(21(27)28)12-11-17-8-3-2-4-9-17)20(26)24-13-6-5-10-19(24)22(29)32-14-7-15-33-25(30)31/h2-4,8-9,16,18-19,23H,5-7,10-15H2,1H3,(H,27,28). The second-order valence-electron chi connectivity index (χ2n) is 7.92. The molecule has 1 heterocycles. The van der Waals surface area contributed by atoms with Crippen LogP contribution in [0.1, 0.15) is 44.6 Å². The first-order chi connectivity index (χ1) is 15.8. The number of aryl methyl sites for hydroxylation is 1. The van der Waals surface area contributed by atoms with E-state index in [2.05, 4.69) is 10.2 Å². The quantitative estimate of drug-likeness (QED) is 0.192. The van der Waals surface area contributed by atoms with Crippen LogP contribution in [-0.2, 0) is 30.4 Å². The number of hydrogen-bond donors (Lipinski definition) is 2. The van der Waals surface area contributed by atoms with Crippen LogP contribution < -0.4 is 5.32 Å². The highest BCUT2D eigenvalue weighted by Crippen LogP contribution is 2.20. The molecule has 2 rings (SSSR count). The summed E-state index contributed by atoms with van der Waals surface area (Å²) in [6.45, 7) is 1.72. The van der Waals surface area contributed by atoms with E-state index in [0.717, 1.165) is 18.4 Å². The van der Waals surface area contributed by atoms with Gasteiger partial charge in [-0.25, -0.2) is 4.79 Å². The van der Waals surface area contributed by atoms with Crippen molar-refractivity contribution in [1.82, 2.24) is 10.2 Å². The van der Waals surface area contributed by atoms with Gasteiger partial charge in [0.05, 0.1) is 19.3 Å². The molecule has 33 heavy (non-hydrogen) atoms. The lowest BCUT2D eigenvalue weighted by Crippen LogP contribution is -2.56. The van der Waals surface area contributed by atoms with Gasteiger partial charge in [-0.1, -0.05) is 30.3 Å². The highest BCUT2D eigenvalue weighted by Gasteiger charge is 2.36. The summed E-state index contributed by atoms with van der Waals surface area (Å²) in [5.74, 6) is -1.98. The molecular weight excluding hydrogens is 434 g/mol. The highest BCUT2D eigenvalue weighted by molar-refractivity contribution is 5.88. The van der Waals surface area contributed by atoms with E-state index < -0.39 is 35.2 Å². The lowest BCUT2D eigenvalue weighted by molar-refractivity contribution is -0.757. The molecule has 1 aromatic rings. The van der Waals surface area contributed by atoms with Crippen molar-refractivity contribution in [2.45, 2.75) is 63.6 Å².